The molecule has 4 rings (SSSR count). The Kier molecular flexibility index (Phi) is 3.31. The SMILES string of the molecule is COc1ccccc1C1=NCc2nncn2-c2ccc(Cl)nc21. The highest BCUT2D eigenvalue weighted by Crippen LogP contribution is 2.28. The molecule has 0 radical (unpaired) electrons. The van der Waals surface area contributed by atoms with Gasteiger partial charge in [0.25, 0.3) is 0 Å². The van der Waals surface area contributed by atoms with Gasteiger partial charge >= 0.3 is 0 Å². The van der Waals surface area contributed by atoms with E-state index in [0.29, 0.717) is 17.4 Å². The monoisotopic (exact) mass is 325 g/mol. The Hall–Kier alpha value is -2.73. The molecule has 2 aromatic heterocycles. The predicted molar refractivity (Wildman–Crippen MR) is 86.5 cm³/mol. The molecule has 0 saturated carbocycles. The lowest BCUT2D eigenvalue weighted by Gasteiger charge is -2.13. The highest BCUT2D eigenvalue weighted by Gasteiger charge is 2.23. The van der Waals surface area contributed by atoms with Crippen LogP contribution in [-0.4, -0.2) is 32.6 Å². The van der Waals surface area contributed by atoms with E-state index in [-0.39, 0.29) is 0 Å². The van der Waals surface area contributed by atoms with E-state index in [1.165, 1.54) is 0 Å². The van der Waals surface area contributed by atoms with E-state index in [2.05, 4.69) is 15.2 Å². The molecule has 23 heavy (non-hydrogen) atoms. The summed E-state index contributed by atoms with van der Waals surface area (Å²) in [6.07, 6.45) is 1.66. The Balaban J connectivity index is 1.99. The van der Waals surface area contributed by atoms with Crippen LogP contribution in [0.2, 0.25) is 5.15 Å². The van der Waals surface area contributed by atoms with Crippen LogP contribution in [0.1, 0.15) is 17.1 Å². The Morgan fingerprint density at radius 3 is 2.91 bits per heavy atom. The number of fused-ring (bicyclic) bond motifs is 3. The Labute approximate surface area is 137 Å². The number of methoxy groups -OCH3 is 1. The van der Waals surface area contributed by atoms with Crippen molar-refractivity contribution < 1.29 is 4.74 Å². The van der Waals surface area contributed by atoms with Gasteiger partial charge in [-0.15, -0.1) is 10.2 Å². The Morgan fingerprint density at radius 2 is 2.04 bits per heavy atom. The number of rotatable bonds is 2. The van der Waals surface area contributed by atoms with Crippen LogP contribution in [0, 0.1) is 0 Å². The van der Waals surface area contributed by atoms with Crippen molar-refractivity contribution in [2.24, 2.45) is 4.99 Å². The van der Waals surface area contributed by atoms with Crippen molar-refractivity contribution in [1.82, 2.24) is 19.7 Å². The maximum atomic E-state index is 6.12. The zero-order valence-corrected chi connectivity index (χ0v) is 13.0. The van der Waals surface area contributed by atoms with Crippen LogP contribution in [0.3, 0.4) is 0 Å². The second-order valence-corrected chi connectivity index (χ2v) is 5.37. The van der Waals surface area contributed by atoms with Crippen molar-refractivity contribution in [2.45, 2.75) is 6.54 Å². The van der Waals surface area contributed by atoms with E-state index < -0.39 is 0 Å². The summed E-state index contributed by atoms with van der Waals surface area (Å²) in [6.45, 7) is 0.404. The van der Waals surface area contributed by atoms with Gasteiger partial charge in [0.2, 0.25) is 0 Å². The van der Waals surface area contributed by atoms with Gasteiger partial charge in [-0.2, -0.15) is 0 Å². The van der Waals surface area contributed by atoms with Crippen molar-refractivity contribution >= 4 is 17.3 Å². The first-order valence-corrected chi connectivity index (χ1v) is 7.40. The van der Waals surface area contributed by atoms with Crippen LogP contribution in [0.15, 0.2) is 47.7 Å². The van der Waals surface area contributed by atoms with E-state index in [1.54, 1.807) is 19.5 Å². The topological polar surface area (TPSA) is 65.2 Å². The van der Waals surface area contributed by atoms with Crippen molar-refractivity contribution in [2.75, 3.05) is 7.11 Å². The molecule has 0 atom stereocenters. The molecule has 1 aliphatic heterocycles. The maximum absolute atomic E-state index is 6.12. The average Bonchev–Trinajstić information content (AvgIpc) is 2.98. The summed E-state index contributed by atoms with van der Waals surface area (Å²) in [5.41, 5.74) is 3.12. The van der Waals surface area contributed by atoms with Crippen LogP contribution in [-0.2, 0) is 6.54 Å². The fourth-order valence-corrected chi connectivity index (χ4v) is 2.79. The molecule has 6 nitrogen and oxygen atoms in total. The molecule has 0 spiro atoms. The summed E-state index contributed by atoms with van der Waals surface area (Å²) in [6, 6.07) is 11.4. The second kappa shape index (κ2) is 5.48. The summed E-state index contributed by atoms with van der Waals surface area (Å²) in [5.74, 6) is 1.48. The average molecular weight is 326 g/mol. The molecule has 0 bridgehead atoms. The summed E-state index contributed by atoms with van der Waals surface area (Å²) in [5, 5.41) is 8.48. The molecule has 0 saturated heterocycles. The number of hydrogen-bond acceptors (Lipinski definition) is 5. The third-order valence-corrected chi connectivity index (χ3v) is 3.89. The van der Waals surface area contributed by atoms with Gasteiger partial charge in [0.15, 0.2) is 5.82 Å². The molecule has 3 aromatic rings. The number of pyridine rings is 1. The van der Waals surface area contributed by atoms with E-state index in [4.69, 9.17) is 21.3 Å². The first-order valence-electron chi connectivity index (χ1n) is 7.02. The van der Waals surface area contributed by atoms with Crippen LogP contribution >= 0.6 is 11.6 Å². The van der Waals surface area contributed by atoms with Gasteiger partial charge < -0.3 is 4.74 Å². The summed E-state index contributed by atoms with van der Waals surface area (Å²) < 4.78 is 7.35. The largest absolute Gasteiger partial charge is 0.496 e. The van der Waals surface area contributed by atoms with Gasteiger partial charge in [0.1, 0.15) is 29.5 Å². The van der Waals surface area contributed by atoms with E-state index in [9.17, 15) is 0 Å². The molecule has 0 amide bonds. The fourth-order valence-electron chi connectivity index (χ4n) is 2.64. The molecule has 114 valence electrons. The van der Waals surface area contributed by atoms with Gasteiger partial charge in [-0.3, -0.25) is 9.56 Å². The van der Waals surface area contributed by atoms with Gasteiger partial charge in [0.05, 0.1) is 18.5 Å². The van der Waals surface area contributed by atoms with Gasteiger partial charge in [0, 0.05) is 5.56 Å². The van der Waals surface area contributed by atoms with E-state index >= 15 is 0 Å². The number of para-hydroxylation sites is 1. The minimum absolute atomic E-state index is 0.404. The van der Waals surface area contributed by atoms with Crippen molar-refractivity contribution in [3.8, 4) is 11.4 Å². The quantitative estimate of drug-likeness (QED) is 0.679. The number of halogens is 1. The molecule has 7 heteroatoms. The lowest BCUT2D eigenvalue weighted by atomic mass is 10.0. The van der Waals surface area contributed by atoms with Crippen LogP contribution in [0.5, 0.6) is 5.75 Å². The van der Waals surface area contributed by atoms with Gasteiger partial charge in [-0.25, -0.2) is 4.98 Å². The zero-order valence-electron chi connectivity index (χ0n) is 12.3. The van der Waals surface area contributed by atoms with Crippen LogP contribution < -0.4 is 4.74 Å². The molecule has 0 fully saturated rings. The maximum Gasteiger partial charge on any atom is 0.159 e. The molecular weight excluding hydrogens is 314 g/mol. The summed E-state index contributed by atoms with van der Waals surface area (Å²) in [7, 11) is 1.64. The lowest BCUT2D eigenvalue weighted by Crippen LogP contribution is -2.11. The van der Waals surface area contributed by atoms with Crippen LogP contribution in [0.4, 0.5) is 0 Å². The van der Waals surface area contributed by atoms with E-state index in [0.717, 1.165) is 28.5 Å². The van der Waals surface area contributed by atoms with Gasteiger partial charge in [-0.1, -0.05) is 23.7 Å². The van der Waals surface area contributed by atoms with E-state index in [1.807, 2.05) is 34.9 Å². The molecule has 0 N–H and O–H groups in total. The normalized spacial score (nSPS) is 12.9. The van der Waals surface area contributed by atoms with Crippen molar-refractivity contribution in [3.63, 3.8) is 0 Å². The Morgan fingerprint density at radius 1 is 1.17 bits per heavy atom. The smallest absolute Gasteiger partial charge is 0.159 e. The highest BCUT2D eigenvalue weighted by atomic mass is 35.5. The minimum atomic E-state index is 0.404. The van der Waals surface area contributed by atoms with Gasteiger partial charge in [-0.05, 0) is 24.3 Å². The summed E-state index contributed by atoms with van der Waals surface area (Å²) in [4.78, 5) is 9.18. The number of aromatic nitrogens is 4. The zero-order chi connectivity index (χ0) is 15.8. The number of nitrogens with zero attached hydrogens (tertiary/aromatic N) is 5. The molecule has 0 unspecified atom stereocenters. The van der Waals surface area contributed by atoms with Crippen LogP contribution in [0.25, 0.3) is 5.69 Å². The second-order valence-electron chi connectivity index (χ2n) is 4.98. The molecular formula is C16H12ClN5O. The minimum Gasteiger partial charge on any atom is -0.496 e. The molecule has 1 aromatic carbocycles. The number of hydrogen-bond donors (Lipinski definition) is 0. The first kappa shape index (κ1) is 13.9. The third-order valence-electron chi connectivity index (χ3n) is 3.68. The third kappa shape index (κ3) is 2.27. The number of aliphatic imine (C=N–C) groups is 1. The Bertz CT molecular complexity index is 918. The van der Waals surface area contributed by atoms with Crippen molar-refractivity contribution in [1.29, 1.82) is 0 Å². The molecule has 0 aliphatic carbocycles. The fraction of sp³-hybridized carbons (Fsp3) is 0.125. The number of ether oxygens (including phenoxy) is 1. The number of benzene rings is 1. The highest BCUT2D eigenvalue weighted by molar-refractivity contribution is 6.30. The van der Waals surface area contributed by atoms with Crippen molar-refractivity contribution in [3.05, 3.63) is 65.0 Å². The summed E-state index contributed by atoms with van der Waals surface area (Å²) >= 11 is 6.12. The standard InChI is InChI=1S/C16H12ClN5O/c1-23-12-5-3-2-4-10(12)15-16-11(6-7-13(17)20-16)22-9-19-21-14(22)8-18-15/h2-7,9H,8H2,1H3. The lowest BCUT2D eigenvalue weighted by molar-refractivity contribution is 0.414. The first-order chi connectivity index (χ1) is 11.3. The molecule has 1 aliphatic rings. The predicted octanol–water partition coefficient (Wildman–Crippen LogP) is 2.68. The molecule has 3 heterocycles.